The van der Waals surface area contributed by atoms with Crippen molar-refractivity contribution in [1.29, 1.82) is 0 Å². The van der Waals surface area contributed by atoms with Gasteiger partial charge in [0, 0.05) is 37.3 Å². The number of hydrogen-bond donors (Lipinski definition) is 1. The second-order valence-corrected chi connectivity index (χ2v) is 9.05. The van der Waals surface area contributed by atoms with Gasteiger partial charge in [-0.15, -0.1) is 10.2 Å². The molecule has 0 spiro atoms. The van der Waals surface area contributed by atoms with Crippen LogP contribution >= 0.6 is 0 Å². The first kappa shape index (κ1) is 23.5. The van der Waals surface area contributed by atoms with Gasteiger partial charge in [0.25, 0.3) is 0 Å². The third kappa shape index (κ3) is 4.93. The smallest absolute Gasteiger partial charge is 0.220 e. The Bertz CT molecular complexity index is 1520. The number of carbonyl (C=O) groups is 1. The van der Waals surface area contributed by atoms with Crippen molar-refractivity contribution in [1.82, 2.24) is 29.5 Å². The lowest BCUT2D eigenvalue weighted by molar-refractivity contribution is -0.121. The minimum Gasteiger partial charge on any atom is -0.494 e. The van der Waals surface area contributed by atoms with E-state index in [4.69, 9.17) is 9.84 Å². The average Bonchev–Trinajstić information content (AvgIpc) is 3.51. The molecule has 36 heavy (non-hydrogen) atoms. The molecule has 3 aromatic heterocycles. The first-order chi connectivity index (χ1) is 17.5. The lowest BCUT2D eigenvalue weighted by Gasteiger charge is -2.07. The monoisotopic (exact) mass is 482 g/mol. The van der Waals surface area contributed by atoms with E-state index < -0.39 is 0 Å². The SMILES string of the molecule is CCCOc1ccc(CNC(=O)CCc2nnc3c4cc(-c5cc(C)ccc5C)nn4ccn23)cc1. The molecule has 0 bridgehead atoms. The summed E-state index contributed by atoms with van der Waals surface area (Å²) in [5.41, 5.74) is 7.01. The Morgan fingerprint density at radius 2 is 1.86 bits per heavy atom. The van der Waals surface area contributed by atoms with Crippen molar-refractivity contribution in [3.8, 4) is 17.0 Å². The predicted molar refractivity (Wildman–Crippen MR) is 139 cm³/mol. The molecule has 0 saturated heterocycles. The van der Waals surface area contributed by atoms with E-state index in [0.29, 0.717) is 26.0 Å². The van der Waals surface area contributed by atoms with Gasteiger partial charge in [-0.05, 0) is 55.7 Å². The molecule has 8 nitrogen and oxygen atoms in total. The lowest BCUT2D eigenvalue weighted by Crippen LogP contribution is -2.23. The molecule has 1 N–H and O–H groups in total. The van der Waals surface area contributed by atoms with Gasteiger partial charge in [-0.3, -0.25) is 9.20 Å². The quantitative estimate of drug-likeness (QED) is 0.329. The standard InChI is InChI=1S/C28H30N6O2/c1-4-15-36-22-9-7-21(8-10-22)18-29-27(35)12-11-26-30-31-28-25-17-24(32-34(25)14-13-33(26)28)23-16-19(2)5-6-20(23)3/h5-10,13-14,16-17H,4,11-12,15,18H2,1-3H3,(H,29,35). The number of aromatic nitrogens is 5. The molecule has 0 aliphatic heterocycles. The summed E-state index contributed by atoms with van der Waals surface area (Å²) in [7, 11) is 0. The third-order valence-corrected chi connectivity index (χ3v) is 6.22. The van der Waals surface area contributed by atoms with Crippen molar-refractivity contribution in [2.75, 3.05) is 6.61 Å². The fraction of sp³-hybridized carbons (Fsp3) is 0.286. The minimum atomic E-state index is -0.0271. The Labute approximate surface area is 209 Å². The van der Waals surface area contributed by atoms with E-state index in [1.165, 1.54) is 11.1 Å². The van der Waals surface area contributed by atoms with Crippen molar-refractivity contribution in [3.05, 3.63) is 83.4 Å². The topological polar surface area (TPSA) is 85.8 Å². The van der Waals surface area contributed by atoms with E-state index in [1.54, 1.807) is 0 Å². The van der Waals surface area contributed by atoms with Crippen LogP contribution in [0.1, 0.15) is 42.3 Å². The fourth-order valence-corrected chi connectivity index (χ4v) is 4.21. The minimum absolute atomic E-state index is 0.0271. The average molecular weight is 483 g/mol. The summed E-state index contributed by atoms with van der Waals surface area (Å²) in [6.07, 6.45) is 5.59. The largest absolute Gasteiger partial charge is 0.494 e. The number of aryl methyl sites for hydroxylation is 3. The second-order valence-electron chi connectivity index (χ2n) is 9.05. The van der Waals surface area contributed by atoms with Crippen LogP contribution in [-0.4, -0.2) is 36.7 Å². The van der Waals surface area contributed by atoms with E-state index in [-0.39, 0.29) is 5.91 Å². The molecule has 5 rings (SSSR count). The zero-order valence-corrected chi connectivity index (χ0v) is 20.9. The van der Waals surface area contributed by atoms with Crippen molar-refractivity contribution >= 4 is 17.1 Å². The van der Waals surface area contributed by atoms with Crippen LogP contribution in [0.5, 0.6) is 5.75 Å². The highest BCUT2D eigenvalue weighted by atomic mass is 16.5. The van der Waals surface area contributed by atoms with Crippen molar-refractivity contribution in [3.63, 3.8) is 0 Å². The number of nitrogens with zero attached hydrogens (tertiary/aromatic N) is 5. The molecule has 0 unspecified atom stereocenters. The van der Waals surface area contributed by atoms with Crippen LogP contribution in [-0.2, 0) is 17.8 Å². The second kappa shape index (κ2) is 10.2. The van der Waals surface area contributed by atoms with E-state index in [1.807, 2.05) is 51.6 Å². The lowest BCUT2D eigenvalue weighted by atomic mass is 10.0. The van der Waals surface area contributed by atoms with E-state index >= 15 is 0 Å². The molecule has 0 fully saturated rings. The zero-order chi connectivity index (χ0) is 25.1. The van der Waals surface area contributed by atoms with Gasteiger partial charge >= 0.3 is 0 Å². The molecule has 0 radical (unpaired) electrons. The molecule has 8 heteroatoms. The van der Waals surface area contributed by atoms with Crippen LogP contribution in [0.4, 0.5) is 0 Å². The van der Waals surface area contributed by atoms with Crippen LogP contribution in [0, 0.1) is 13.8 Å². The zero-order valence-electron chi connectivity index (χ0n) is 20.9. The number of rotatable bonds is 9. The van der Waals surface area contributed by atoms with Gasteiger partial charge < -0.3 is 10.1 Å². The molecular formula is C28H30N6O2. The highest BCUT2D eigenvalue weighted by Crippen LogP contribution is 2.26. The third-order valence-electron chi connectivity index (χ3n) is 6.22. The summed E-state index contributed by atoms with van der Waals surface area (Å²) >= 11 is 0. The summed E-state index contributed by atoms with van der Waals surface area (Å²) in [6.45, 7) is 7.43. The van der Waals surface area contributed by atoms with E-state index in [0.717, 1.165) is 46.0 Å². The Morgan fingerprint density at radius 3 is 2.67 bits per heavy atom. The summed E-state index contributed by atoms with van der Waals surface area (Å²) in [4.78, 5) is 12.5. The Morgan fingerprint density at radius 1 is 1.03 bits per heavy atom. The molecule has 5 aromatic rings. The van der Waals surface area contributed by atoms with Crippen LogP contribution < -0.4 is 10.1 Å². The molecule has 0 aliphatic rings. The Balaban J connectivity index is 1.25. The van der Waals surface area contributed by atoms with Gasteiger partial charge in [0.2, 0.25) is 5.91 Å². The predicted octanol–water partition coefficient (Wildman–Crippen LogP) is 4.70. The maximum atomic E-state index is 12.5. The van der Waals surface area contributed by atoms with Crippen LogP contribution in [0.15, 0.2) is 60.9 Å². The van der Waals surface area contributed by atoms with Crippen LogP contribution in [0.2, 0.25) is 0 Å². The number of amides is 1. The fourth-order valence-electron chi connectivity index (χ4n) is 4.21. The summed E-state index contributed by atoms with van der Waals surface area (Å²) in [5.74, 6) is 1.56. The summed E-state index contributed by atoms with van der Waals surface area (Å²) in [6, 6.07) is 16.2. The van der Waals surface area contributed by atoms with Crippen molar-refractivity contribution in [2.24, 2.45) is 0 Å². The molecule has 0 aliphatic carbocycles. The summed E-state index contributed by atoms with van der Waals surface area (Å²) < 4.78 is 9.37. The molecule has 2 aromatic carbocycles. The van der Waals surface area contributed by atoms with E-state index in [2.05, 4.69) is 54.5 Å². The maximum Gasteiger partial charge on any atom is 0.220 e. The van der Waals surface area contributed by atoms with E-state index in [9.17, 15) is 4.79 Å². The maximum absolute atomic E-state index is 12.5. The first-order valence-corrected chi connectivity index (χ1v) is 12.3. The molecule has 3 heterocycles. The van der Waals surface area contributed by atoms with Crippen LogP contribution in [0.3, 0.4) is 0 Å². The molecular weight excluding hydrogens is 452 g/mol. The van der Waals surface area contributed by atoms with Gasteiger partial charge in [0.1, 0.15) is 17.1 Å². The highest BCUT2D eigenvalue weighted by molar-refractivity contribution is 5.78. The molecule has 1 amide bonds. The number of nitrogens with one attached hydrogen (secondary N) is 1. The Hall–Kier alpha value is -4.20. The molecule has 0 saturated carbocycles. The molecule has 184 valence electrons. The van der Waals surface area contributed by atoms with Gasteiger partial charge in [-0.1, -0.05) is 36.8 Å². The highest BCUT2D eigenvalue weighted by Gasteiger charge is 2.14. The number of fused-ring (bicyclic) bond motifs is 3. The Kier molecular flexibility index (Phi) is 6.66. The number of benzene rings is 2. The normalized spacial score (nSPS) is 11.3. The van der Waals surface area contributed by atoms with Crippen molar-refractivity contribution in [2.45, 2.75) is 46.6 Å². The summed E-state index contributed by atoms with van der Waals surface area (Å²) in [5, 5.41) is 16.5. The van der Waals surface area contributed by atoms with Gasteiger partial charge in [-0.2, -0.15) is 5.10 Å². The van der Waals surface area contributed by atoms with Gasteiger partial charge in [0.15, 0.2) is 5.65 Å². The molecule has 0 atom stereocenters. The van der Waals surface area contributed by atoms with Crippen molar-refractivity contribution < 1.29 is 9.53 Å². The number of hydrogen-bond acceptors (Lipinski definition) is 5. The first-order valence-electron chi connectivity index (χ1n) is 12.3. The van der Waals surface area contributed by atoms with Gasteiger partial charge in [-0.25, -0.2) is 4.52 Å². The number of carbonyl (C=O) groups excluding carboxylic acids is 1. The van der Waals surface area contributed by atoms with Crippen LogP contribution in [0.25, 0.3) is 22.4 Å². The number of ether oxygens (including phenoxy) is 1. The van der Waals surface area contributed by atoms with Gasteiger partial charge in [0.05, 0.1) is 12.3 Å².